The van der Waals surface area contributed by atoms with Gasteiger partial charge in [-0.1, -0.05) is 220 Å². The van der Waals surface area contributed by atoms with E-state index in [1.165, 1.54) is 262 Å². The van der Waals surface area contributed by atoms with E-state index in [-0.39, 0.29) is 17.0 Å². The minimum atomic E-state index is 0. The number of nitrogens with zero attached hydrogens (tertiary/aromatic N) is 1. The van der Waals surface area contributed by atoms with Gasteiger partial charge in [0.15, 0.2) is 0 Å². The van der Waals surface area contributed by atoms with Crippen molar-refractivity contribution >= 4 is 0 Å². The topological polar surface area (TPSA) is 0 Å². The lowest BCUT2D eigenvalue weighted by atomic mass is 10.0. The first kappa shape index (κ1) is 48.6. The van der Waals surface area contributed by atoms with Crippen molar-refractivity contribution in [3.05, 3.63) is 0 Å². The lowest BCUT2D eigenvalue weighted by Gasteiger charge is -2.39. The van der Waals surface area contributed by atoms with Crippen molar-refractivity contribution < 1.29 is 21.5 Å². The van der Waals surface area contributed by atoms with Gasteiger partial charge in [0.05, 0.1) is 26.2 Å². The molecule has 0 unspecified atom stereocenters. The fourth-order valence-electron chi connectivity index (χ4n) is 7.65. The van der Waals surface area contributed by atoms with Gasteiger partial charge in [0.25, 0.3) is 0 Å². The Labute approximate surface area is 305 Å². The van der Waals surface area contributed by atoms with Crippen molar-refractivity contribution in [2.24, 2.45) is 0 Å². The summed E-state index contributed by atoms with van der Waals surface area (Å²) in [5.41, 5.74) is 0. The summed E-state index contributed by atoms with van der Waals surface area (Å²) in [6.07, 6.45) is 52.8. The molecule has 46 heavy (non-hydrogen) atoms. The van der Waals surface area contributed by atoms with E-state index in [0.29, 0.717) is 0 Å². The van der Waals surface area contributed by atoms with Crippen LogP contribution in [0.4, 0.5) is 0 Å². The molecule has 0 aliphatic rings. The highest BCUT2D eigenvalue weighted by molar-refractivity contribution is 4.55. The van der Waals surface area contributed by atoms with Crippen LogP contribution in [-0.4, -0.2) is 30.7 Å². The summed E-state index contributed by atoms with van der Waals surface area (Å²) in [4.78, 5) is 0. The molecular formula is C44H92BrN. The van der Waals surface area contributed by atoms with Crippen molar-refractivity contribution in [3.8, 4) is 0 Å². The van der Waals surface area contributed by atoms with Crippen LogP contribution in [0.25, 0.3) is 0 Å². The highest BCUT2D eigenvalue weighted by atomic mass is 79.9. The predicted octanol–water partition coefficient (Wildman–Crippen LogP) is 12.9. The molecule has 1 nitrogen and oxygen atoms in total. The zero-order chi connectivity index (χ0) is 32.8. The first-order valence-corrected chi connectivity index (χ1v) is 22.1. The maximum atomic E-state index is 2.40. The van der Waals surface area contributed by atoms with Crippen molar-refractivity contribution in [1.82, 2.24) is 0 Å². The highest BCUT2D eigenvalue weighted by Crippen LogP contribution is 2.20. The van der Waals surface area contributed by atoms with Gasteiger partial charge < -0.3 is 21.5 Å². The number of hydrogen-bond acceptors (Lipinski definition) is 0. The maximum Gasteiger partial charge on any atom is 0.0786 e. The summed E-state index contributed by atoms with van der Waals surface area (Å²) < 4.78 is 1.46. The highest BCUT2D eigenvalue weighted by Gasteiger charge is 2.25. The van der Waals surface area contributed by atoms with Crippen LogP contribution in [-0.2, 0) is 0 Å². The number of halogens is 1. The zero-order valence-electron chi connectivity index (χ0n) is 33.1. The average molecular weight is 715 g/mol. The molecule has 0 saturated heterocycles. The normalized spacial score (nSPS) is 11.7. The van der Waals surface area contributed by atoms with Crippen LogP contribution >= 0.6 is 0 Å². The van der Waals surface area contributed by atoms with Crippen LogP contribution in [0, 0.1) is 0 Å². The Hall–Kier alpha value is 0.440. The van der Waals surface area contributed by atoms with Crippen LogP contribution in [0.15, 0.2) is 0 Å². The summed E-state index contributed by atoms with van der Waals surface area (Å²) in [5.74, 6) is 0. The molecule has 0 radical (unpaired) electrons. The van der Waals surface area contributed by atoms with Gasteiger partial charge in [0.1, 0.15) is 0 Å². The zero-order valence-corrected chi connectivity index (χ0v) is 34.7. The van der Waals surface area contributed by atoms with E-state index in [1.54, 1.807) is 0 Å². The average Bonchev–Trinajstić information content (AvgIpc) is 3.05. The van der Waals surface area contributed by atoms with Crippen molar-refractivity contribution in [3.63, 3.8) is 0 Å². The molecule has 0 amide bonds. The van der Waals surface area contributed by atoms with Crippen molar-refractivity contribution in [1.29, 1.82) is 0 Å². The second-order valence-electron chi connectivity index (χ2n) is 15.5. The molecule has 0 bridgehead atoms. The lowest BCUT2D eigenvalue weighted by Crippen LogP contribution is -3.00. The number of unbranched alkanes of at least 4 members (excludes halogenated alkanes) is 32. The Morgan fingerprint density at radius 1 is 0.196 bits per heavy atom. The van der Waals surface area contributed by atoms with E-state index < -0.39 is 0 Å². The molecule has 0 aliphatic carbocycles. The van der Waals surface area contributed by atoms with Crippen LogP contribution in [0.5, 0.6) is 0 Å². The molecule has 0 aromatic rings. The van der Waals surface area contributed by atoms with Gasteiger partial charge in [0.2, 0.25) is 0 Å². The molecule has 280 valence electrons. The minimum Gasteiger partial charge on any atom is -1.00 e. The molecular weight excluding hydrogens is 622 g/mol. The Morgan fingerprint density at radius 3 is 0.543 bits per heavy atom. The quantitative estimate of drug-likeness (QED) is 0.0438. The molecule has 0 saturated carbocycles. The smallest absolute Gasteiger partial charge is 0.0786 e. The largest absolute Gasteiger partial charge is 1.00 e. The Bertz CT molecular complexity index is 474. The lowest BCUT2D eigenvalue weighted by molar-refractivity contribution is -0.929. The van der Waals surface area contributed by atoms with Gasteiger partial charge in [-0.15, -0.1) is 0 Å². The third kappa shape index (κ3) is 35.7. The van der Waals surface area contributed by atoms with Gasteiger partial charge in [-0.3, -0.25) is 0 Å². The van der Waals surface area contributed by atoms with E-state index in [9.17, 15) is 0 Å². The SMILES string of the molecule is CCCCCCCCCCCCCCCCCC[N+](CCCC)(CCCC)CCCCCCCCCCCCCCCCCC.[Br-]. The first-order chi connectivity index (χ1) is 22.2. The molecule has 2 heteroatoms. The van der Waals surface area contributed by atoms with Crippen LogP contribution in [0.3, 0.4) is 0 Å². The third-order valence-electron chi connectivity index (χ3n) is 10.9. The maximum absolute atomic E-state index is 2.40. The molecule has 0 aliphatic heterocycles. The molecule has 0 heterocycles. The molecule has 0 aromatic heterocycles. The predicted molar refractivity (Wildman–Crippen MR) is 209 cm³/mol. The summed E-state index contributed by atoms with van der Waals surface area (Å²) in [5, 5.41) is 0. The molecule has 0 fully saturated rings. The van der Waals surface area contributed by atoms with Gasteiger partial charge in [-0.2, -0.15) is 0 Å². The van der Waals surface area contributed by atoms with Crippen LogP contribution < -0.4 is 17.0 Å². The minimum absolute atomic E-state index is 0. The van der Waals surface area contributed by atoms with Gasteiger partial charge >= 0.3 is 0 Å². The van der Waals surface area contributed by atoms with E-state index in [1.807, 2.05) is 0 Å². The summed E-state index contributed by atoms with van der Waals surface area (Å²) >= 11 is 0. The first-order valence-electron chi connectivity index (χ1n) is 22.1. The Morgan fingerprint density at radius 2 is 0.348 bits per heavy atom. The monoisotopic (exact) mass is 714 g/mol. The van der Waals surface area contributed by atoms with E-state index in [2.05, 4.69) is 27.7 Å². The second-order valence-corrected chi connectivity index (χ2v) is 15.5. The van der Waals surface area contributed by atoms with E-state index >= 15 is 0 Å². The van der Waals surface area contributed by atoms with Gasteiger partial charge in [0, 0.05) is 0 Å². The van der Waals surface area contributed by atoms with Crippen LogP contribution in [0.2, 0.25) is 0 Å². The van der Waals surface area contributed by atoms with Gasteiger partial charge in [-0.05, 0) is 38.5 Å². The summed E-state index contributed by atoms with van der Waals surface area (Å²) in [6.45, 7) is 15.3. The third-order valence-corrected chi connectivity index (χ3v) is 10.9. The molecule has 0 aromatic carbocycles. The fourth-order valence-corrected chi connectivity index (χ4v) is 7.65. The second kappa shape index (κ2) is 41.6. The fraction of sp³-hybridized carbons (Fsp3) is 1.00. The van der Waals surface area contributed by atoms with E-state index in [4.69, 9.17) is 0 Å². The van der Waals surface area contributed by atoms with E-state index in [0.717, 1.165) is 0 Å². The number of hydrogen-bond donors (Lipinski definition) is 0. The number of quaternary nitrogens is 1. The van der Waals surface area contributed by atoms with Crippen molar-refractivity contribution in [2.45, 2.75) is 259 Å². The van der Waals surface area contributed by atoms with Gasteiger partial charge in [-0.25, -0.2) is 0 Å². The number of rotatable bonds is 40. The Balaban J connectivity index is 0. The van der Waals surface area contributed by atoms with Crippen LogP contribution in [0.1, 0.15) is 259 Å². The molecule has 0 atom stereocenters. The molecule has 0 rings (SSSR count). The molecule has 0 N–H and O–H groups in total. The Kier molecular flexibility index (Phi) is 43.9. The molecule has 0 spiro atoms. The summed E-state index contributed by atoms with van der Waals surface area (Å²) in [7, 11) is 0. The van der Waals surface area contributed by atoms with Crippen molar-refractivity contribution in [2.75, 3.05) is 26.2 Å². The standard InChI is InChI=1S/C44H92N.BrH/c1-5-9-13-15-17-19-21-23-25-27-29-31-33-35-37-39-43-45(41-11-7-3,42-12-8-4)44-40-38-36-34-32-30-28-26-24-22-20-18-16-14-10-6-2;/h5-44H2,1-4H3;1H/q+1;/p-1. The summed E-state index contributed by atoms with van der Waals surface area (Å²) in [6, 6.07) is 0.